The monoisotopic (exact) mass is 483 g/mol. The van der Waals surface area contributed by atoms with Crippen molar-refractivity contribution in [1.29, 1.82) is 0 Å². The van der Waals surface area contributed by atoms with Crippen LogP contribution in [-0.2, 0) is 9.59 Å². The van der Waals surface area contributed by atoms with Crippen molar-refractivity contribution in [2.75, 3.05) is 0 Å². The minimum absolute atomic E-state index is 0.0821. The summed E-state index contributed by atoms with van der Waals surface area (Å²) in [5, 5.41) is 14.7. The summed E-state index contributed by atoms with van der Waals surface area (Å²) in [6, 6.07) is 5.64. The van der Waals surface area contributed by atoms with Gasteiger partial charge in [-0.25, -0.2) is 0 Å². The summed E-state index contributed by atoms with van der Waals surface area (Å²) in [6.45, 7) is 6.06. The van der Waals surface area contributed by atoms with Crippen LogP contribution in [0.5, 0.6) is 5.75 Å². The van der Waals surface area contributed by atoms with Crippen molar-refractivity contribution in [3.8, 4) is 5.75 Å². The van der Waals surface area contributed by atoms with Crippen molar-refractivity contribution in [2.45, 2.75) is 65.3 Å². The summed E-state index contributed by atoms with van der Waals surface area (Å²) in [5.41, 5.74) is 0.901. The third kappa shape index (κ3) is 4.90. The average molecular weight is 484 g/mol. The normalized spacial score (nSPS) is 25.1. The van der Waals surface area contributed by atoms with E-state index in [2.05, 4.69) is 31.3 Å². The maximum absolute atomic E-state index is 13.4. The van der Waals surface area contributed by atoms with Gasteiger partial charge in [0.25, 0.3) is 5.91 Å². The van der Waals surface area contributed by atoms with Gasteiger partial charge in [-0.15, -0.1) is 11.3 Å². The second kappa shape index (κ2) is 9.90. The van der Waals surface area contributed by atoms with E-state index in [1.165, 1.54) is 24.7 Å². The Balaban J connectivity index is 1.47. The van der Waals surface area contributed by atoms with E-state index in [1.807, 2.05) is 18.2 Å². The molecule has 1 aromatic heterocycles. The molecule has 4 atom stereocenters. The predicted octanol–water partition coefficient (Wildman–Crippen LogP) is 5.81. The highest BCUT2D eigenvalue weighted by molar-refractivity contribution is 7.18. The fraction of sp³-hybridized carbons (Fsp3) is 0.519. The molecule has 2 bridgehead atoms. The first-order chi connectivity index (χ1) is 16.2. The number of benzene rings is 1. The minimum Gasteiger partial charge on any atom is -0.481 e. The Morgan fingerprint density at radius 2 is 2.03 bits per heavy atom. The molecule has 3 aliphatic carbocycles. The van der Waals surface area contributed by atoms with Gasteiger partial charge in [-0.1, -0.05) is 32.1 Å². The third-order valence-corrected chi connectivity index (χ3v) is 8.84. The Morgan fingerprint density at radius 1 is 1.24 bits per heavy atom. The number of carbonyl (C=O) groups is 3. The third-order valence-electron chi connectivity index (χ3n) is 7.83. The van der Waals surface area contributed by atoms with Gasteiger partial charge < -0.3 is 15.2 Å². The molecule has 1 amide bonds. The first kappa shape index (κ1) is 24.5. The maximum atomic E-state index is 13.4. The predicted molar refractivity (Wildman–Crippen MR) is 133 cm³/mol. The fourth-order valence-electron chi connectivity index (χ4n) is 5.87. The van der Waals surface area contributed by atoms with Crippen LogP contribution in [0, 0.1) is 23.2 Å². The number of amides is 1. The number of thiophene rings is 1. The van der Waals surface area contributed by atoms with Gasteiger partial charge in [-0.3, -0.25) is 14.4 Å². The molecular formula is C27H33NO5S. The number of carboxylic acid groups (broad SMARTS) is 1. The molecule has 3 aliphatic rings. The maximum Gasteiger partial charge on any atom is 0.308 e. The summed E-state index contributed by atoms with van der Waals surface area (Å²) in [4.78, 5) is 35.5. The van der Waals surface area contributed by atoms with Crippen LogP contribution in [0.15, 0.2) is 35.7 Å². The molecule has 3 fully saturated rings. The van der Waals surface area contributed by atoms with Crippen LogP contribution in [0.4, 0.5) is 0 Å². The molecule has 6 nitrogen and oxygen atoms in total. The smallest absolute Gasteiger partial charge is 0.308 e. The number of carboxylic acids is 1. The molecule has 1 unspecified atom stereocenters. The van der Waals surface area contributed by atoms with E-state index in [9.17, 15) is 14.4 Å². The van der Waals surface area contributed by atoms with Gasteiger partial charge >= 0.3 is 11.9 Å². The molecule has 182 valence electrons. The van der Waals surface area contributed by atoms with Crippen LogP contribution in [0.2, 0.25) is 0 Å². The zero-order chi connectivity index (χ0) is 24.5. The number of ether oxygens (including phenoxy) is 1. The lowest BCUT2D eigenvalue weighted by molar-refractivity contribution is -0.137. The van der Waals surface area contributed by atoms with E-state index in [4.69, 9.17) is 9.84 Å². The summed E-state index contributed by atoms with van der Waals surface area (Å²) in [6.07, 6.45) is 8.94. The standard InChI is InChI=1S/C27H33NO5S/c1-16(29)33-23-15-34-25-19(23)10-8-11-20(25)26(32)28-22-14-17-13-21(27(17,2)3)18(22)9-6-4-5-7-12-24(30)31/h4,6,8,10-11,15,17-18,21-22H,5,7,9,12-14H2,1-3H3,(H,28,32)(H,30,31)/t17-,18-,21+,22?/m0/s1. The van der Waals surface area contributed by atoms with Gasteiger partial charge in [0.1, 0.15) is 5.75 Å². The molecule has 0 aliphatic heterocycles. The number of rotatable bonds is 9. The second-order valence-electron chi connectivity index (χ2n) is 10.2. The second-order valence-corrected chi connectivity index (χ2v) is 11.1. The Kier molecular flexibility index (Phi) is 7.12. The Labute approximate surface area is 204 Å². The van der Waals surface area contributed by atoms with Crippen LogP contribution < -0.4 is 10.1 Å². The van der Waals surface area contributed by atoms with Crippen LogP contribution in [0.25, 0.3) is 10.1 Å². The number of hydrogen-bond acceptors (Lipinski definition) is 5. The first-order valence-electron chi connectivity index (χ1n) is 12.0. The van der Waals surface area contributed by atoms with Crippen LogP contribution in [-0.4, -0.2) is 29.0 Å². The quantitative estimate of drug-likeness (QED) is 0.267. The number of nitrogens with one attached hydrogen (secondary N) is 1. The van der Waals surface area contributed by atoms with Crippen LogP contribution in [0.3, 0.4) is 0 Å². The van der Waals surface area contributed by atoms with Gasteiger partial charge in [0, 0.05) is 30.2 Å². The number of esters is 1. The number of fused-ring (bicyclic) bond motifs is 3. The lowest BCUT2D eigenvalue weighted by Crippen LogP contribution is -2.61. The van der Waals surface area contributed by atoms with E-state index in [-0.39, 0.29) is 29.8 Å². The Morgan fingerprint density at radius 3 is 2.74 bits per heavy atom. The van der Waals surface area contributed by atoms with E-state index in [1.54, 1.807) is 5.38 Å². The largest absolute Gasteiger partial charge is 0.481 e. The van der Waals surface area contributed by atoms with Crippen molar-refractivity contribution in [1.82, 2.24) is 5.32 Å². The number of carbonyl (C=O) groups excluding carboxylic acids is 2. The van der Waals surface area contributed by atoms with Crippen molar-refractivity contribution in [2.24, 2.45) is 23.2 Å². The highest BCUT2D eigenvalue weighted by Gasteiger charge is 2.57. The lowest BCUT2D eigenvalue weighted by atomic mass is 9.44. The minimum atomic E-state index is -0.758. The fourth-order valence-corrected chi connectivity index (χ4v) is 6.86. The summed E-state index contributed by atoms with van der Waals surface area (Å²) >= 11 is 1.42. The number of aliphatic carboxylic acids is 1. The topological polar surface area (TPSA) is 92.7 Å². The molecule has 2 aromatic rings. The molecule has 5 rings (SSSR count). The van der Waals surface area contributed by atoms with E-state index >= 15 is 0 Å². The number of allylic oxidation sites excluding steroid dienone is 2. The Bertz CT molecular complexity index is 1120. The highest BCUT2D eigenvalue weighted by Crippen LogP contribution is 2.62. The van der Waals surface area contributed by atoms with Crippen molar-refractivity contribution >= 4 is 39.3 Å². The summed E-state index contributed by atoms with van der Waals surface area (Å²) < 4.78 is 6.12. The molecule has 34 heavy (non-hydrogen) atoms. The zero-order valence-electron chi connectivity index (χ0n) is 20.0. The van der Waals surface area contributed by atoms with Crippen molar-refractivity contribution < 1.29 is 24.2 Å². The highest BCUT2D eigenvalue weighted by atomic mass is 32.1. The molecule has 7 heteroatoms. The molecule has 2 N–H and O–H groups in total. The van der Waals surface area contributed by atoms with Crippen LogP contribution in [0.1, 0.15) is 69.7 Å². The van der Waals surface area contributed by atoms with E-state index < -0.39 is 5.97 Å². The zero-order valence-corrected chi connectivity index (χ0v) is 20.8. The molecule has 0 radical (unpaired) electrons. The molecule has 3 saturated carbocycles. The summed E-state index contributed by atoms with van der Waals surface area (Å²) in [7, 11) is 0. The van der Waals surface area contributed by atoms with Gasteiger partial charge in [-0.2, -0.15) is 0 Å². The van der Waals surface area contributed by atoms with E-state index in [0.29, 0.717) is 35.5 Å². The SMILES string of the molecule is CC(=O)Oc1csc2c(C(=O)NC3C[C@@H]4C[C@H]([C@@H]3CC=CCCCC(=O)O)C4(C)C)cccc12. The summed E-state index contributed by atoms with van der Waals surface area (Å²) in [5.74, 6) is 0.817. The van der Waals surface area contributed by atoms with Crippen molar-refractivity contribution in [3.63, 3.8) is 0 Å². The number of unbranched alkanes of at least 4 members (excludes halogenated alkanes) is 1. The van der Waals surface area contributed by atoms with E-state index in [0.717, 1.165) is 29.3 Å². The average Bonchev–Trinajstić information content (AvgIpc) is 3.18. The van der Waals surface area contributed by atoms with Crippen LogP contribution >= 0.6 is 11.3 Å². The lowest BCUT2D eigenvalue weighted by Gasteiger charge is -2.62. The van der Waals surface area contributed by atoms with Gasteiger partial charge in [-0.05, 0) is 67.4 Å². The molecule has 0 saturated heterocycles. The molecule has 1 heterocycles. The Hall–Kier alpha value is -2.67. The molecule has 1 aromatic carbocycles. The van der Waals surface area contributed by atoms with Gasteiger partial charge in [0.2, 0.25) is 0 Å². The van der Waals surface area contributed by atoms with Gasteiger partial charge in [0.05, 0.1) is 10.3 Å². The van der Waals surface area contributed by atoms with Gasteiger partial charge in [0.15, 0.2) is 0 Å². The first-order valence-corrected chi connectivity index (χ1v) is 12.9. The van der Waals surface area contributed by atoms with Crippen molar-refractivity contribution in [3.05, 3.63) is 41.3 Å². The molecular weight excluding hydrogens is 450 g/mol. The molecule has 0 spiro atoms. The number of hydrogen-bond donors (Lipinski definition) is 2.